The highest BCUT2D eigenvalue weighted by molar-refractivity contribution is 9.10. The topological polar surface area (TPSA) is 38.7 Å². The molecule has 0 amide bonds. The zero-order valence-electron chi connectivity index (χ0n) is 11.4. The number of methoxy groups -OCH3 is 2. The van der Waals surface area contributed by atoms with Crippen LogP contribution in [0.3, 0.4) is 0 Å². The predicted octanol–water partition coefficient (Wildman–Crippen LogP) is 3.83. The smallest absolute Gasteiger partial charge is 0.164 e. The van der Waals surface area contributed by atoms with Gasteiger partial charge < -0.3 is 14.6 Å². The number of aliphatic hydroxyl groups is 1. The molecule has 112 valence electrons. The van der Waals surface area contributed by atoms with Crippen LogP contribution in [0.1, 0.15) is 17.2 Å². The number of hydrogen-bond donors (Lipinski definition) is 1. The lowest BCUT2D eigenvalue weighted by molar-refractivity contribution is 0.207. The molecule has 0 fully saturated rings. The van der Waals surface area contributed by atoms with E-state index in [-0.39, 0.29) is 11.1 Å². The molecule has 0 bridgehead atoms. The Balaban J connectivity index is 2.56. The van der Waals surface area contributed by atoms with Crippen molar-refractivity contribution in [2.75, 3.05) is 14.2 Å². The highest BCUT2D eigenvalue weighted by Crippen LogP contribution is 2.38. The summed E-state index contributed by atoms with van der Waals surface area (Å²) in [6.45, 7) is 0. The molecule has 0 aliphatic heterocycles. The lowest BCUT2D eigenvalue weighted by Crippen LogP contribution is -2.06. The molecule has 0 saturated carbocycles. The summed E-state index contributed by atoms with van der Waals surface area (Å²) in [4.78, 5) is 0. The number of halogens is 3. The third-order valence-corrected chi connectivity index (χ3v) is 3.69. The number of aliphatic hydroxyl groups excluding tert-OH is 1. The van der Waals surface area contributed by atoms with Gasteiger partial charge in [-0.05, 0) is 34.1 Å². The first-order valence-corrected chi connectivity index (χ1v) is 6.82. The molecule has 0 spiro atoms. The van der Waals surface area contributed by atoms with E-state index in [9.17, 15) is 13.9 Å². The molecular formula is C15H13BrF2O3. The first kappa shape index (κ1) is 15.7. The summed E-state index contributed by atoms with van der Waals surface area (Å²) >= 11 is 3.29. The van der Waals surface area contributed by atoms with E-state index in [4.69, 9.17) is 9.47 Å². The van der Waals surface area contributed by atoms with Crippen LogP contribution in [0.4, 0.5) is 8.78 Å². The summed E-state index contributed by atoms with van der Waals surface area (Å²) in [5.74, 6) is -1.33. The molecule has 0 aromatic heterocycles. The second-order valence-electron chi connectivity index (χ2n) is 4.27. The van der Waals surface area contributed by atoms with Gasteiger partial charge in [0.15, 0.2) is 11.6 Å². The normalized spacial score (nSPS) is 12.1. The van der Waals surface area contributed by atoms with E-state index < -0.39 is 17.7 Å². The minimum atomic E-state index is -1.38. The van der Waals surface area contributed by atoms with Gasteiger partial charge in [-0.2, -0.15) is 0 Å². The molecule has 0 saturated heterocycles. The maximum Gasteiger partial charge on any atom is 0.164 e. The van der Waals surface area contributed by atoms with E-state index in [0.29, 0.717) is 16.0 Å². The van der Waals surface area contributed by atoms with Crippen molar-refractivity contribution < 1.29 is 23.4 Å². The fourth-order valence-corrected chi connectivity index (χ4v) is 2.48. The van der Waals surface area contributed by atoms with Crippen molar-refractivity contribution in [3.63, 3.8) is 0 Å². The van der Waals surface area contributed by atoms with Crippen LogP contribution in [0.2, 0.25) is 0 Å². The molecule has 21 heavy (non-hydrogen) atoms. The fourth-order valence-electron chi connectivity index (χ4n) is 2.00. The Hall–Kier alpha value is -1.66. The van der Waals surface area contributed by atoms with Gasteiger partial charge in [-0.3, -0.25) is 0 Å². The van der Waals surface area contributed by atoms with Crippen molar-refractivity contribution in [3.05, 3.63) is 57.6 Å². The Labute approximate surface area is 129 Å². The van der Waals surface area contributed by atoms with Crippen LogP contribution >= 0.6 is 15.9 Å². The van der Waals surface area contributed by atoms with Crippen LogP contribution in [-0.2, 0) is 0 Å². The molecule has 2 aromatic rings. The van der Waals surface area contributed by atoms with E-state index >= 15 is 0 Å². The molecule has 1 unspecified atom stereocenters. The van der Waals surface area contributed by atoms with Crippen LogP contribution in [0, 0.1) is 11.6 Å². The summed E-state index contributed by atoms with van der Waals surface area (Å²) in [7, 11) is 2.89. The van der Waals surface area contributed by atoms with Crippen molar-refractivity contribution in [2.45, 2.75) is 6.10 Å². The molecule has 2 rings (SSSR count). The molecule has 2 aromatic carbocycles. The van der Waals surface area contributed by atoms with Crippen molar-refractivity contribution in [1.29, 1.82) is 0 Å². The molecule has 0 heterocycles. The average Bonchev–Trinajstić information content (AvgIpc) is 2.49. The molecule has 3 nitrogen and oxygen atoms in total. The van der Waals surface area contributed by atoms with Gasteiger partial charge in [0.1, 0.15) is 17.6 Å². The van der Waals surface area contributed by atoms with Crippen molar-refractivity contribution in [3.8, 4) is 11.5 Å². The second-order valence-corrected chi connectivity index (χ2v) is 5.13. The monoisotopic (exact) mass is 358 g/mol. The zero-order chi connectivity index (χ0) is 15.6. The SMILES string of the molecule is COc1cc(C(O)c2cccc(F)c2F)c(OC)cc1Br. The molecule has 0 aliphatic carbocycles. The highest BCUT2D eigenvalue weighted by atomic mass is 79.9. The van der Waals surface area contributed by atoms with Crippen LogP contribution in [0.25, 0.3) is 0 Å². The summed E-state index contributed by atoms with van der Waals surface area (Å²) < 4.78 is 38.1. The van der Waals surface area contributed by atoms with Gasteiger partial charge in [-0.1, -0.05) is 12.1 Å². The second kappa shape index (κ2) is 6.41. The van der Waals surface area contributed by atoms with Gasteiger partial charge in [-0.25, -0.2) is 8.78 Å². The van der Waals surface area contributed by atoms with Crippen LogP contribution < -0.4 is 9.47 Å². The zero-order valence-corrected chi connectivity index (χ0v) is 12.9. The molecule has 1 atom stereocenters. The van der Waals surface area contributed by atoms with Gasteiger partial charge >= 0.3 is 0 Å². The summed E-state index contributed by atoms with van der Waals surface area (Å²) in [6.07, 6.45) is -1.38. The summed E-state index contributed by atoms with van der Waals surface area (Å²) in [6, 6.07) is 6.74. The minimum Gasteiger partial charge on any atom is -0.496 e. The molecule has 1 N–H and O–H groups in total. The van der Waals surface area contributed by atoms with E-state index in [2.05, 4.69) is 15.9 Å². The number of rotatable bonds is 4. The quantitative estimate of drug-likeness (QED) is 0.902. The lowest BCUT2D eigenvalue weighted by atomic mass is 9.99. The first-order chi connectivity index (χ1) is 9.99. The molecule has 6 heteroatoms. The van der Waals surface area contributed by atoms with Crippen LogP contribution in [0.5, 0.6) is 11.5 Å². The predicted molar refractivity (Wildman–Crippen MR) is 77.7 cm³/mol. The third-order valence-electron chi connectivity index (χ3n) is 3.07. The van der Waals surface area contributed by atoms with E-state index in [1.54, 1.807) is 6.07 Å². The first-order valence-electron chi connectivity index (χ1n) is 6.03. The highest BCUT2D eigenvalue weighted by Gasteiger charge is 2.22. The van der Waals surface area contributed by atoms with E-state index in [1.807, 2.05) is 0 Å². The Morgan fingerprint density at radius 1 is 1.05 bits per heavy atom. The number of hydrogen-bond acceptors (Lipinski definition) is 3. The minimum absolute atomic E-state index is 0.169. The standard InChI is InChI=1S/C15H13BrF2O3/c1-20-12-7-10(16)13(21-2)6-9(12)15(19)8-4-3-5-11(17)14(8)18/h3-7,15,19H,1-2H3. The lowest BCUT2D eigenvalue weighted by Gasteiger charge is -2.18. The van der Waals surface area contributed by atoms with Gasteiger partial charge in [0, 0.05) is 11.1 Å². The Bertz CT molecular complexity index is 662. The molecule has 0 aliphatic rings. The van der Waals surface area contributed by atoms with Gasteiger partial charge in [0.2, 0.25) is 0 Å². The number of benzene rings is 2. The number of ether oxygens (including phenoxy) is 2. The van der Waals surface area contributed by atoms with Gasteiger partial charge in [-0.15, -0.1) is 0 Å². The maximum atomic E-state index is 13.8. The van der Waals surface area contributed by atoms with Gasteiger partial charge in [0.05, 0.1) is 18.7 Å². The van der Waals surface area contributed by atoms with Crippen molar-refractivity contribution in [1.82, 2.24) is 0 Å². The Morgan fingerprint density at radius 3 is 2.33 bits per heavy atom. The third kappa shape index (κ3) is 3.01. The summed E-state index contributed by atoms with van der Waals surface area (Å²) in [5.41, 5.74) is 0.111. The molecule has 0 radical (unpaired) electrons. The van der Waals surface area contributed by atoms with E-state index in [0.717, 1.165) is 6.07 Å². The fraction of sp³-hybridized carbons (Fsp3) is 0.200. The average molecular weight is 359 g/mol. The summed E-state index contributed by atoms with van der Waals surface area (Å²) in [5, 5.41) is 10.4. The van der Waals surface area contributed by atoms with Gasteiger partial charge in [0.25, 0.3) is 0 Å². The Morgan fingerprint density at radius 2 is 1.71 bits per heavy atom. The van der Waals surface area contributed by atoms with Crippen molar-refractivity contribution in [2.24, 2.45) is 0 Å². The van der Waals surface area contributed by atoms with Crippen molar-refractivity contribution >= 4 is 15.9 Å². The molecular weight excluding hydrogens is 346 g/mol. The van der Waals surface area contributed by atoms with Crippen LogP contribution in [0.15, 0.2) is 34.8 Å². The van der Waals surface area contributed by atoms with E-state index in [1.165, 1.54) is 32.4 Å². The largest absolute Gasteiger partial charge is 0.496 e. The Kier molecular flexibility index (Phi) is 4.80. The maximum absolute atomic E-state index is 13.8. The van der Waals surface area contributed by atoms with Crippen LogP contribution in [-0.4, -0.2) is 19.3 Å².